The molecule has 1 aromatic carbocycles. The van der Waals surface area contributed by atoms with E-state index in [0.717, 1.165) is 5.56 Å². The number of benzene rings is 1. The van der Waals surface area contributed by atoms with Crippen LogP contribution >= 0.6 is 11.6 Å². The summed E-state index contributed by atoms with van der Waals surface area (Å²) in [6.07, 6.45) is 2.80. The normalized spacial score (nSPS) is 14.0. The third-order valence-corrected chi connectivity index (χ3v) is 5.60. The molecule has 0 spiro atoms. The molecule has 1 aliphatic rings. The second-order valence-electron chi connectivity index (χ2n) is 9.57. The molecule has 0 radical (unpaired) electrons. The second-order valence-corrected chi connectivity index (χ2v) is 10.0. The van der Waals surface area contributed by atoms with E-state index in [4.69, 9.17) is 25.8 Å². The molecule has 0 N–H and O–H groups in total. The number of rotatable bonds is 6. The van der Waals surface area contributed by atoms with Gasteiger partial charge in [0.15, 0.2) is 5.75 Å². The zero-order chi connectivity index (χ0) is 26.6. The van der Waals surface area contributed by atoms with Crippen LogP contribution in [0.5, 0.6) is 11.6 Å². The Balaban J connectivity index is 1.44. The van der Waals surface area contributed by atoms with Crippen LogP contribution in [0.3, 0.4) is 0 Å². The van der Waals surface area contributed by atoms with Crippen LogP contribution in [0.25, 0.3) is 11.3 Å². The Morgan fingerprint density at radius 3 is 2.38 bits per heavy atom. The molecule has 0 atom stereocenters. The lowest BCUT2D eigenvalue weighted by atomic mass is 10.1. The molecular weight excluding hydrogens is 501 g/mol. The number of ether oxygens (including phenoxy) is 3. The van der Waals surface area contributed by atoms with E-state index in [1.54, 1.807) is 42.6 Å². The predicted octanol–water partition coefficient (Wildman–Crippen LogP) is 5.33. The monoisotopic (exact) mass is 529 g/mol. The number of methoxy groups -OCH3 is 1. The van der Waals surface area contributed by atoms with Crippen molar-refractivity contribution in [1.82, 2.24) is 19.9 Å². The van der Waals surface area contributed by atoms with Gasteiger partial charge in [-0.15, -0.1) is 0 Å². The Kier molecular flexibility index (Phi) is 8.09. The molecule has 1 saturated heterocycles. The quantitative estimate of drug-likeness (QED) is 0.423. The van der Waals surface area contributed by atoms with Crippen LogP contribution in [0.1, 0.15) is 26.3 Å². The van der Waals surface area contributed by atoms with Crippen LogP contribution in [0.15, 0.2) is 42.7 Å². The van der Waals surface area contributed by atoms with Crippen molar-refractivity contribution in [2.75, 3.05) is 38.2 Å². The summed E-state index contributed by atoms with van der Waals surface area (Å²) in [5.74, 6) is 0.751. The first-order chi connectivity index (χ1) is 17.6. The summed E-state index contributed by atoms with van der Waals surface area (Å²) in [6, 6.07) is 7.75. The van der Waals surface area contributed by atoms with Gasteiger partial charge in [-0.25, -0.2) is 24.1 Å². The van der Waals surface area contributed by atoms with Crippen LogP contribution in [-0.4, -0.2) is 64.8 Å². The molecule has 3 aromatic rings. The van der Waals surface area contributed by atoms with Crippen molar-refractivity contribution < 1.29 is 23.4 Å². The van der Waals surface area contributed by atoms with Crippen molar-refractivity contribution >= 4 is 23.6 Å². The summed E-state index contributed by atoms with van der Waals surface area (Å²) in [7, 11) is 1.58. The van der Waals surface area contributed by atoms with Gasteiger partial charge in [0.1, 0.15) is 11.4 Å². The van der Waals surface area contributed by atoms with E-state index in [-0.39, 0.29) is 17.0 Å². The average Bonchev–Trinajstić information content (AvgIpc) is 2.83. The number of pyridine rings is 1. The zero-order valence-corrected chi connectivity index (χ0v) is 22.0. The number of carbonyl (C=O) groups is 1. The first-order valence-corrected chi connectivity index (χ1v) is 12.2. The van der Waals surface area contributed by atoms with Gasteiger partial charge >= 0.3 is 6.09 Å². The fraction of sp³-hybridized carbons (Fsp3) is 0.385. The molecule has 0 aliphatic carbocycles. The molecule has 0 saturated carbocycles. The van der Waals surface area contributed by atoms with Gasteiger partial charge in [-0.2, -0.15) is 0 Å². The van der Waals surface area contributed by atoms with Gasteiger partial charge < -0.3 is 24.0 Å². The largest absolute Gasteiger partial charge is 0.444 e. The molecule has 0 bridgehead atoms. The van der Waals surface area contributed by atoms with Crippen LogP contribution in [0.2, 0.25) is 5.02 Å². The van der Waals surface area contributed by atoms with E-state index >= 15 is 0 Å². The summed E-state index contributed by atoms with van der Waals surface area (Å²) in [5, 5.41) is 0.271. The maximum atomic E-state index is 13.9. The van der Waals surface area contributed by atoms with E-state index in [1.165, 1.54) is 12.1 Å². The average molecular weight is 530 g/mol. The van der Waals surface area contributed by atoms with Crippen molar-refractivity contribution in [3.63, 3.8) is 0 Å². The molecule has 1 amide bonds. The number of amides is 1. The van der Waals surface area contributed by atoms with Gasteiger partial charge in [0.05, 0.1) is 24.7 Å². The number of carbonyl (C=O) groups excluding carboxylic acids is 1. The van der Waals surface area contributed by atoms with Gasteiger partial charge in [0.25, 0.3) is 0 Å². The maximum absolute atomic E-state index is 13.9. The van der Waals surface area contributed by atoms with Gasteiger partial charge in [0, 0.05) is 49.9 Å². The number of aromatic nitrogens is 3. The molecule has 2 aromatic heterocycles. The van der Waals surface area contributed by atoms with Crippen molar-refractivity contribution in [3.8, 4) is 22.9 Å². The third-order valence-electron chi connectivity index (χ3n) is 5.38. The zero-order valence-electron chi connectivity index (χ0n) is 21.2. The Hall–Kier alpha value is -3.50. The summed E-state index contributed by atoms with van der Waals surface area (Å²) < 4.78 is 30.5. The Bertz CT molecular complexity index is 1220. The van der Waals surface area contributed by atoms with Crippen molar-refractivity contribution in [2.24, 2.45) is 0 Å². The van der Waals surface area contributed by atoms with E-state index in [0.29, 0.717) is 55.7 Å². The first kappa shape index (κ1) is 26.6. The highest BCUT2D eigenvalue weighted by Gasteiger charge is 2.26. The summed E-state index contributed by atoms with van der Waals surface area (Å²) in [5.41, 5.74) is 1.27. The van der Waals surface area contributed by atoms with Crippen LogP contribution in [0.4, 0.5) is 15.1 Å². The van der Waals surface area contributed by atoms with E-state index in [2.05, 4.69) is 15.0 Å². The number of hydrogen-bond acceptors (Lipinski definition) is 8. The fourth-order valence-electron chi connectivity index (χ4n) is 3.77. The van der Waals surface area contributed by atoms with Crippen molar-refractivity contribution in [3.05, 3.63) is 59.1 Å². The number of anilines is 1. The molecule has 0 unspecified atom stereocenters. The van der Waals surface area contributed by atoms with Crippen molar-refractivity contribution in [1.29, 1.82) is 0 Å². The highest BCUT2D eigenvalue weighted by Crippen LogP contribution is 2.28. The number of piperazine rings is 1. The van der Waals surface area contributed by atoms with Crippen LogP contribution < -0.4 is 9.64 Å². The highest BCUT2D eigenvalue weighted by molar-refractivity contribution is 6.30. The number of halogens is 2. The lowest BCUT2D eigenvalue weighted by molar-refractivity contribution is 0.0240. The lowest BCUT2D eigenvalue weighted by Crippen LogP contribution is -2.50. The third kappa shape index (κ3) is 7.27. The minimum Gasteiger partial charge on any atom is -0.444 e. The molecule has 9 nitrogen and oxygen atoms in total. The maximum Gasteiger partial charge on any atom is 0.410 e. The van der Waals surface area contributed by atoms with Crippen molar-refractivity contribution in [2.45, 2.75) is 33.0 Å². The SMILES string of the molecule is COCc1cc(Oc2cnc(N3CCN(C(=O)OC(C)(C)C)CC3)nc2)nc(-c2cc(F)cc(Cl)c2)c1. The minimum absolute atomic E-state index is 0.271. The molecule has 196 valence electrons. The summed E-state index contributed by atoms with van der Waals surface area (Å²) >= 11 is 6.03. The van der Waals surface area contributed by atoms with Gasteiger partial charge in [-0.1, -0.05) is 11.6 Å². The topological polar surface area (TPSA) is 89.9 Å². The number of hydrogen-bond donors (Lipinski definition) is 0. The second kappa shape index (κ2) is 11.3. The van der Waals surface area contributed by atoms with Gasteiger partial charge in [0.2, 0.25) is 11.8 Å². The molecule has 1 fully saturated rings. The molecule has 3 heterocycles. The fourth-order valence-corrected chi connectivity index (χ4v) is 3.99. The summed E-state index contributed by atoms with van der Waals surface area (Å²) in [6.45, 7) is 8.05. The number of nitrogens with zero attached hydrogens (tertiary/aromatic N) is 5. The van der Waals surface area contributed by atoms with E-state index in [9.17, 15) is 9.18 Å². The minimum atomic E-state index is -0.532. The first-order valence-electron chi connectivity index (χ1n) is 11.8. The molecule has 11 heteroatoms. The standard InChI is InChI=1S/C26H29ClFN5O4/c1-26(2,3)37-25(34)33-7-5-32(6-8-33)24-29-14-21(15-30-24)36-23-10-17(16-35-4)9-22(31-23)18-11-19(27)13-20(28)12-18/h9-15H,5-8,16H2,1-4H3. The van der Waals surface area contributed by atoms with E-state index in [1.807, 2.05) is 25.7 Å². The Labute approximate surface area is 220 Å². The lowest BCUT2D eigenvalue weighted by Gasteiger charge is -2.35. The molecule has 37 heavy (non-hydrogen) atoms. The van der Waals surface area contributed by atoms with Gasteiger partial charge in [-0.3, -0.25) is 0 Å². The van der Waals surface area contributed by atoms with Crippen LogP contribution in [0, 0.1) is 5.82 Å². The van der Waals surface area contributed by atoms with Crippen LogP contribution in [-0.2, 0) is 16.1 Å². The van der Waals surface area contributed by atoms with Gasteiger partial charge in [-0.05, 0) is 50.6 Å². The molecule has 4 rings (SSSR count). The summed E-state index contributed by atoms with van der Waals surface area (Å²) in [4.78, 5) is 29.3. The smallest absolute Gasteiger partial charge is 0.410 e. The molecular formula is C26H29ClFN5O4. The molecule has 1 aliphatic heterocycles. The van der Waals surface area contributed by atoms with E-state index < -0.39 is 11.4 Å². The highest BCUT2D eigenvalue weighted by atomic mass is 35.5. The predicted molar refractivity (Wildman–Crippen MR) is 137 cm³/mol. The Morgan fingerprint density at radius 1 is 1.05 bits per heavy atom. The Morgan fingerprint density at radius 2 is 1.76 bits per heavy atom.